The number of alkyl halides is 1. The number of nitro groups is 1. The van der Waals surface area contributed by atoms with Crippen LogP contribution in [-0.2, 0) is 0 Å². The molecule has 0 amide bonds. The Hall–Kier alpha value is -1.49. The van der Waals surface area contributed by atoms with Gasteiger partial charge in [-0.05, 0) is 12.1 Å². The molecule has 1 rings (SSSR count). The van der Waals surface area contributed by atoms with Crippen LogP contribution in [0, 0.1) is 10.1 Å². The van der Waals surface area contributed by atoms with Crippen molar-refractivity contribution in [1.82, 2.24) is 0 Å². The Morgan fingerprint density at radius 2 is 2.29 bits per heavy atom. The molecule has 14 heavy (non-hydrogen) atoms. The molecule has 0 aliphatic carbocycles. The van der Waals surface area contributed by atoms with Crippen LogP contribution in [0.5, 0.6) is 0 Å². The van der Waals surface area contributed by atoms with Gasteiger partial charge in [0.25, 0.3) is 5.69 Å². The van der Waals surface area contributed by atoms with Crippen molar-refractivity contribution >= 4 is 28.7 Å². The minimum Gasteiger partial charge on any atom is -0.393 e. The van der Waals surface area contributed by atoms with Crippen LogP contribution in [0.25, 0.3) is 0 Å². The fourth-order valence-corrected chi connectivity index (χ4v) is 1.10. The maximum absolute atomic E-state index is 10.5. The summed E-state index contributed by atoms with van der Waals surface area (Å²) in [5.74, 6) is 0.443. The van der Waals surface area contributed by atoms with E-state index in [1.54, 1.807) is 6.07 Å². The molecule has 0 atom stereocenters. The van der Waals surface area contributed by atoms with Crippen LogP contribution in [0.15, 0.2) is 18.2 Å². The topological polar surface area (TPSA) is 81.2 Å². The summed E-state index contributed by atoms with van der Waals surface area (Å²) in [5.41, 5.74) is 6.13. The lowest BCUT2D eigenvalue weighted by atomic mass is 10.2. The highest BCUT2D eigenvalue weighted by Crippen LogP contribution is 2.24. The average molecular weight is 216 g/mol. The fraction of sp³-hybridized carbons (Fsp3) is 0.250. The minimum atomic E-state index is -0.513. The number of halogens is 1. The molecule has 0 saturated heterocycles. The molecule has 5 nitrogen and oxygen atoms in total. The number of nitrogens with zero attached hydrogens (tertiary/aromatic N) is 1. The van der Waals surface area contributed by atoms with Crippen molar-refractivity contribution in [2.75, 3.05) is 23.5 Å². The predicted molar refractivity (Wildman–Crippen MR) is 56.7 cm³/mol. The van der Waals surface area contributed by atoms with E-state index in [-0.39, 0.29) is 11.4 Å². The molecule has 0 bridgehead atoms. The highest BCUT2D eigenvalue weighted by Gasteiger charge is 2.11. The molecule has 0 spiro atoms. The van der Waals surface area contributed by atoms with Gasteiger partial charge in [-0.15, -0.1) is 11.6 Å². The van der Waals surface area contributed by atoms with Crippen LogP contribution < -0.4 is 11.1 Å². The summed E-state index contributed by atoms with van der Waals surface area (Å²) in [5, 5.41) is 13.4. The van der Waals surface area contributed by atoms with E-state index in [1.807, 2.05) is 0 Å². The predicted octanol–water partition coefficient (Wildman–Crippen LogP) is 1.83. The molecule has 0 aliphatic rings. The number of nitrogens with two attached hydrogens (primary N) is 1. The Bertz CT molecular complexity index is 343. The number of hydrogen-bond donors (Lipinski definition) is 2. The largest absolute Gasteiger partial charge is 0.393 e. The maximum Gasteiger partial charge on any atom is 0.294 e. The Morgan fingerprint density at radius 1 is 1.57 bits per heavy atom. The summed E-state index contributed by atoms with van der Waals surface area (Å²) >= 11 is 5.46. The van der Waals surface area contributed by atoms with E-state index in [1.165, 1.54) is 12.1 Å². The first-order valence-electron chi connectivity index (χ1n) is 3.99. The highest BCUT2D eigenvalue weighted by molar-refractivity contribution is 6.18. The van der Waals surface area contributed by atoms with E-state index in [9.17, 15) is 10.1 Å². The first-order chi connectivity index (χ1) is 6.65. The van der Waals surface area contributed by atoms with Crippen LogP contribution in [-0.4, -0.2) is 17.3 Å². The molecule has 3 N–H and O–H groups in total. The molecule has 0 fully saturated rings. The van der Waals surface area contributed by atoms with Gasteiger partial charge in [-0.1, -0.05) is 0 Å². The van der Waals surface area contributed by atoms with E-state index in [2.05, 4.69) is 5.32 Å². The van der Waals surface area contributed by atoms with Crippen molar-refractivity contribution in [3.8, 4) is 0 Å². The van der Waals surface area contributed by atoms with Gasteiger partial charge in [0, 0.05) is 24.2 Å². The summed E-state index contributed by atoms with van der Waals surface area (Å²) in [6.45, 7) is 0.558. The Morgan fingerprint density at radius 3 is 2.86 bits per heavy atom. The molecular weight excluding hydrogens is 206 g/mol. The van der Waals surface area contributed by atoms with Crippen LogP contribution in [0.3, 0.4) is 0 Å². The van der Waals surface area contributed by atoms with Gasteiger partial charge < -0.3 is 11.1 Å². The van der Waals surface area contributed by atoms with Crippen LogP contribution in [0.2, 0.25) is 0 Å². The van der Waals surface area contributed by atoms with Gasteiger partial charge in [0.15, 0.2) is 0 Å². The average Bonchev–Trinajstić information content (AvgIpc) is 2.16. The van der Waals surface area contributed by atoms with Gasteiger partial charge >= 0.3 is 0 Å². The molecule has 0 radical (unpaired) electrons. The summed E-state index contributed by atoms with van der Waals surface area (Å²) in [6.07, 6.45) is 0. The zero-order valence-corrected chi connectivity index (χ0v) is 8.12. The number of rotatable bonds is 4. The second-order valence-electron chi connectivity index (χ2n) is 2.65. The highest BCUT2D eigenvalue weighted by atomic mass is 35.5. The lowest BCUT2D eigenvalue weighted by Crippen LogP contribution is -2.03. The quantitative estimate of drug-likeness (QED) is 0.348. The maximum atomic E-state index is 10.5. The van der Waals surface area contributed by atoms with Gasteiger partial charge in [-0.25, -0.2) is 0 Å². The smallest absolute Gasteiger partial charge is 0.294 e. The number of hydrogen-bond acceptors (Lipinski definition) is 4. The van der Waals surface area contributed by atoms with Crippen molar-refractivity contribution in [3.05, 3.63) is 28.3 Å². The van der Waals surface area contributed by atoms with Crippen molar-refractivity contribution in [2.45, 2.75) is 0 Å². The molecule has 0 aromatic heterocycles. The van der Waals surface area contributed by atoms with E-state index in [4.69, 9.17) is 17.3 Å². The molecule has 6 heteroatoms. The van der Waals surface area contributed by atoms with Gasteiger partial charge in [-0.3, -0.25) is 10.1 Å². The van der Waals surface area contributed by atoms with Crippen LogP contribution >= 0.6 is 11.6 Å². The van der Waals surface area contributed by atoms with E-state index < -0.39 is 4.92 Å². The Balaban J connectivity index is 2.89. The number of nitro benzene ring substituents is 1. The Labute approximate surface area is 86.0 Å². The molecule has 0 heterocycles. The Kier molecular flexibility index (Phi) is 3.53. The molecule has 76 valence electrons. The van der Waals surface area contributed by atoms with E-state index in [0.717, 1.165) is 0 Å². The van der Waals surface area contributed by atoms with Crippen LogP contribution in [0.1, 0.15) is 0 Å². The SMILES string of the molecule is Nc1ccc(NCCCl)cc1[N+](=O)[O-]. The van der Waals surface area contributed by atoms with Crippen LogP contribution in [0.4, 0.5) is 17.1 Å². The summed E-state index contributed by atoms with van der Waals surface area (Å²) in [6, 6.07) is 4.56. The number of nitrogens with one attached hydrogen (secondary N) is 1. The van der Waals surface area contributed by atoms with E-state index in [0.29, 0.717) is 18.1 Å². The first-order valence-corrected chi connectivity index (χ1v) is 4.52. The van der Waals surface area contributed by atoms with Gasteiger partial charge in [0.05, 0.1) is 4.92 Å². The zero-order valence-electron chi connectivity index (χ0n) is 7.37. The zero-order chi connectivity index (χ0) is 10.6. The fourth-order valence-electron chi connectivity index (χ4n) is 1.00. The summed E-state index contributed by atoms with van der Waals surface area (Å²) in [7, 11) is 0. The van der Waals surface area contributed by atoms with Crippen molar-refractivity contribution < 1.29 is 4.92 Å². The lowest BCUT2D eigenvalue weighted by molar-refractivity contribution is -0.383. The van der Waals surface area contributed by atoms with Gasteiger partial charge in [0.2, 0.25) is 0 Å². The third-order valence-electron chi connectivity index (χ3n) is 1.65. The molecular formula is C8H10ClN3O2. The standard InChI is InChI=1S/C8H10ClN3O2/c9-3-4-11-6-1-2-7(10)8(5-6)12(13)14/h1-2,5,11H,3-4,10H2. The van der Waals surface area contributed by atoms with Gasteiger partial charge in [-0.2, -0.15) is 0 Å². The second-order valence-corrected chi connectivity index (χ2v) is 3.02. The molecule has 1 aromatic rings. The first kappa shape index (κ1) is 10.6. The molecule has 0 unspecified atom stereocenters. The number of nitrogen functional groups attached to an aromatic ring is 1. The second kappa shape index (κ2) is 4.66. The minimum absolute atomic E-state index is 0.0930. The van der Waals surface area contributed by atoms with Crippen molar-refractivity contribution in [1.29, 1.82) is 0 Å². The third-order valence-corrected chi connectivity index (χ3v) is 1.84. The number of anilines is 2. The van der Waals surface area contributed by atoms with Gasteiger partial charge in [0.1, 0.15) is 5.69 Å². The molecule has 1 aromatic carbocycles. The van der Waals surface area contributed by atoms with E-state index >= 15 is 0 Å². The normalized spacial score (nSPS) is 9.79. The molecule has 0 aliphatic heterocycles. The third kappa shape index (κ3) is 2.50. The summed E-state index contributed by atoms with van der Waals surface area (Å²) in [4.78, 5) is 10.0. The molecule has 0 saturated carbocycles. The van der Waals surface area contributed by atoms with Crippen molar-refractivity contribution in [2.24, 2.45) is 0 Å². The monoisotopic (exact) mass is 215 g/mol. The lowest BCUT2D eigenvalue weighted by Gasteiger charge is -2.04. The number of benzene rings is 1. The summed E-state index contributed by atoms with van der Waals surface area (Å²) < 4.78 is 0. The van der Waals surface area contributed by atoms with Crippen molar-refractivity contribution in [3.63, 3.8) is 0 Å².